The second kappa shape index (κ2) is 7.68. The highest BCUT2D eigenvalue weighted by molar-refractivity contribution is 7.89. The van der Waals surface area contributed by atoms with E-state index in [1.807, 2.05) is 12.1 Å². The van der Waals surface area contributed by atoms with E-state index >= 15 is 0 Å². The molecule has 1 N–H and O–H groups in total. The Hall–Kier alpha value is -1.69. The standard InChI is InChI=1S/C20H26N2O2S/c1-16-6-5-7-19(17(16)2)15-21-14-18-8-10-20(11-9-18)25(23,24)22-12-3-4-13-22/h5-11,21H,3-4,12-15H2,1-2H3. The van der Waals surface area contributed by atoms with Gasteiger partial charge >= 0.3 is 0 Å². The fourth-order valence-electron chi connectivity index (χ4n) is 3.20. The molecule has 25 heavy (non-hydrogen) atoms. The summed E-state index contributed by atoms with van der Waals surface area (Å²) in [7, 11) is -3.32. The van der Waals surface area contributed by atoms with Gasteiger partial charge in [0.05, 0.1) is 4.90 Å². The fourth-order valence-corrected chi connectivity index (χ4v) is 4.72. The van der Waals surface area contributed by atoms with Crippen LogP contribution in [0.3, 0.4) is 0 Å². The Morgan fingerprint density at radius 3 is 2.32 bits per heavy atom. The first kappa shape index (κ1) is 18.1. The number of nitrogens with one attached hydrogen (secondary N) is 1. The smallest absolute Gasteiger partial charge is 0.243 e. The van der Waals surface area contributed by atoms with Crippen LogP contribution in [0, 0.1) is 13.8 Å². The summed E-state index contributed by atoms with van der Waals surface area (Å²) in [5.41, 5.74) is 5.01. The Bertz CT molecular complexity index is 823. The van der Waals surface area contributed by atoms with Crippen molar-refractivity contribution in [2.45, 2.75) is 44.7 Å². The van der Waals surface area contributed by atoms with E-state index in [0.717, 1.165) is 31.5 Å². The molecule has 0 atom stereocenters. The molecule has 0 aliphatic carbocycles. The lowest BCUT2D eigenvalue weighted by Crippen LogP contribution is -2.27. The minimum atomic E-state index is -3.32. The van der Waals surface area contributed by atoms with E-state index in [1.165, 1.54) is 16.7 Å². The average molecular weight is 359 g/mol. The number of benzene rings is 2. The Balaban J connectivity index is 1.60. The molecule has 3 rings (SSSR count). The molecule has 1 aliphatic rings. The molecule has 0 radical (unpaired) electrons. The van der Waals surface area contributed by atoms with Crippen molar-refractivity contribution in [3.63, 3.8) is 0 Å². The van der Waals surface area contributed by atoms with Crippen LogP contribution < -0.4 is 5.32 Å². The third kappa shape index (κ3) is 4.11. The molecule has 0 unspecified atom stereocenters. The minimum Gasteiger partial charge on any atom is -0.309 e. The molecule has 134 valence electrons. The van der Waals surface area contributed by atoms with Crippen LogP contribution in [0.4, 0.5) is 0 Å². The molecule has 4 nitrogen and oxygen atoms in total. The first-order valence-electron chi connectivity index (χ1n) is 8.83. The lowest BCUT2D eigenvalue weighted by molar-refractivity contribution is 0.477. The molecule has 0 amide bonds. The highest BCUT2D eigenvalue weighted by Crippen LogP contribution is 2.21. The minimum absolute atomic E-state index is 0.396. The monoisotopic (exact) mass is 358 g/mol. The van der Waals surface area contributed by atoms with E-state index in [4.69, 9.17) is 0 Å². The van der Waals surface area contributed by atoms with E-state index in [0.29, 0.717) is 18.0 Å². The van der Waals surface area contributed by atoms with Crippen molar-refractivity contribution in [2.24, 2.45) is 0 Å². The normalized spacial score (nSPS) is 15.6. The fraction of sp³-hybridized carbons (Fsp3) is 0.400. The van der Waals surface area contributed by atoms with Gasteiger partial charge in [0, 0.05) is 26.2 Å². The lowest BCUT2D eigenvalue weighted by Gasteiger charge is -2.15. The van der Waals surface area contributed by atoms with Crippen LogP contribution >= 0.6 is 0 Å². The first-order chi connectivity index (χ1) is 12.0. The van der Waals surface area contributed by atoms with Crippen LogP contribution in [0.5, 0.6) is 0 Å². The quantitative estimate of drug-likeness (QED) is 0.861. The summed E-state index contributed by atoms with van der Waals surface area (Å²) in [6.45, 7) is 7.07. The number of hydrogen-bond donors (Lipinski definition) is 1. The molecule has 0 bridgehead atoms. The van der Waals surface area contributed by atoms with Gasteiger partial charge < -0.3 is 5.32 Å². The Labute approximate surface area is 150 Å². The summed E-state index contributed by atoms with van der Waals surface area (Å²) in [5.74, 6) is 0. The van der Waals surface area contributed by atoms with Crippen LogP contribution in [0.15, 0.2) is 47.4 Å². The highest BCUT2D eigenvalue weighted by atomic mass is 32.2. The molecule has 1 heterocycles. The predicted octanol–water partition coefficient (Wildman–Crippen LogP) is 3.38. The SMILES string of the molecule is Cc1cccc(CNCc2ccc(S(=O)(=O)N3CCCC3)cc2)c1C. The zero-order valence-corrected chi connectivity index (χ0v) is 15.8. The van der Waals surface area contributed by atoms with Gasteiger partial charge in [0.25, 0.3) is 0 Å². The number of aryl methyl sites for hydroxylation is 1. The highest BCUT2D eigenvalue weighted by Gasteiger charge is 2.26. The van der Waals surface area contributed by atoms with Crippen molar-refractivity contribution in [1.82, 2.24) is 9.62 Å². The molecule has 0 saturated carbocycles. The zero-order valence-electron chi connectivity index (χ0n) is 15.0. The Morgan fingerprint density at radius 2 is 1.64 bits per heavy atom. The third-order valence-electron chi connectivity index (χ3n) is 4.99. The van der Waals surface area contributed by atoms with Crippen molar-refractivity contribution in [3.8, 4) is 0 Å². The Morgan fingerprint density at radius 1 is 0.960 bits per heavy atom. The van der Waals surface area contributed by atoms with Crippen molar-refractivity contribution in [3.05, 3.63) is 64.7 Å². The molecule has 5 heteroatoms. The van der Waals surface area contributed by atoms with Gasteiger partial charge in [0.1, 0.15) is 0 Å². The van der Waals surface area contributed by atoms with Crippen molar-refractivity contribution >= 4 is 10.0 Å². The van der Waals surface area contributed by atoms with Crippen molar-refractivity contribution in [1.29, 1.82) is 0 Å². The molecule has 0 spiro atoms. The molecule has 1 saturated heterocycles. The summed E-state index contributed by atoms with van der Waals surface area (Å²) < 4.78 is 26.6. The third-order valence-corrected chi connectivity index (χ3v) is 6.90. The topological polar surface area (TPSA) is 49.4 Å². The summed E-state index contributed by atoms with van der Waals surface area (Å²) in [6, 6.07) is 13.6. The molecular weight excluding hydrogens is 332 g/mol. The number of nitrogens with zero attached hydrogens (tertiary/aromatic N) is 1. The molecule has 1 fully saturated rings. The largest absolute Gasteiger partial charge is 0.309 e. The van der Waals surface area contributed by atoms with Crippen molar-refractivity contribution in [2.75, 3.05) is 13.1 Å². The zero-order chi connectivity index (χ0) is 17.9. The van der Waals surface area contributed by atoms with Gasteiger partial charge in [-0.25, -0.2) is 8.42 Å². The first-order valence-corrected chi connectivity index (χ1v) is 10.3. The number of sulfonamides is 1. The second-order valence-corrected chi connectivity index (χ2v) is 8.66. The average Bonchev–Trinajstić information content (AvgIpc) is 3.15. The summed E-state index contributed by atoms with van der Waals surface area (Å²) >= 11 is 0. The maximum absolute atomic E-state index is 12.5. The summed E-state index contributed by atoms with van der Waals surface area (Å²) in [6.07, 6.45) is 1.92. The van der Waals surface area contributed by atoms with Crippen LogP contribution in [0.2, 0.25) is 0 Å². The van der Waals surface area contributed by atoms with E-state index in [1.54, 1.807) is 16.4 Å². The van der Waals surface area contributed by atoms with Gasteiger partial charge in [-0.05, 0) is 61.1 Å². The van der Waals surface area contributed by atoms with Crippen LogP contribution in [-0.4, -0.2) is 25.8 Å². The lowest BCUT2D eigenvalue weighted by atomic mass is 10.0. The van der Waals surface area contributed by atoms with Gasteiger partial charge in [-0.15, -0.1) is 0 Å². The van der Waals surface area contributed by atoms with Gasteiger partial charge in [-0.2, -0.15) is 4.31 Å². The van der Waals surface area contributed by atoms with E-state index in [-0.39, 0.29) is 0 Å². The second-order valence-electron chi connectivity index (χ2n) is 6.72. The van der Waals surface area contributed by atoms with Crippen molar-refractivity contribution < 1.29 is 8.42 Å². The van der Waals surface area contributed by atoms with Gasteiger partial charge in [0.15, 0.2) is 0 Å². The van der Waals surface area contributed by atoms with E-state index < -0.39 is 10.0 Å². The van der Waals surface area contributed by atoms with Gasteiger partial charge in [-0.1, -0.05) is 30.3 Å². The van der Waals surface area contributed by atoms with Crippen LogP contribution in [0.1, 0.15) is 35.1 Å². The summed E-state index contributed by atoms with van der Waals surface area (Å²) in [5, 5.41) is 3.44. The van der Waals surface area contributed by atoms with E-state index in [9.17, 15) is 8.42 Å². The van der Waals surface area contributed by atoms with Gasteiger partial charge in [0.2, 0.25) is 10.0 Å². The van der Waals surface area contributed by atoms with E-state index in [2.05, 4.69) is 37.4 Å². The maximum atomic E-state index is 12.5. The number of rotatable bonds is 6. The Kier molecular flexibility index (Phi) is 5.57. The molecule has 0 aromatic heterocycles. The maximum Gasteiger partial charge on any atom is 0.243 e. The van der Waals surface area contributed by atoms with Crippen LogP contribution in [-0.2, 0) is 23.1 Å². The van der Waals surface area contributed by atoms with Crippen LogP contribution in [0.25, 0.3) is 0 Å². The number of hydrogen-bond acceptors (Lipinski definition) is 3. The molecule has 1 aliphatic heterocycles. The predicted molar refractivity (Wildman–Crippen MR) is 101 cm³/mol. The molecule has 2 aromatic carbocycles. The van der Waals surface area contributed by atoms with Gasteiger partial charge in [-0.3, -0.25) is 0 Å². The molecule has 2 aromatic rings. The summed E-state index contributed by atoms with van der Waals surface area (Å²) in [4.78, 5) is 0.396. The molecular formula is C20H26N2O2S.